The number of halogens is 1. The van der Waals surface area contributed by atoms with Crippen LogP contribution in [-0.2, 0) is 11.3 Å². The molecular formula is C23H30FNO. The zero-order chi connectivity index (χ0) is 18.4. The van der Waals surface area contributed by atoms with Gasteiger partial charge in [0.25, 0.3) is 0 Å². The highest BCUT2D eigenvalue weighted by atomic mass is 19.1. The minimum Gasteiger partial charge on any atom is -0.376 e. The van der Waals surface area contributed by atoms with Crippen LogP contribution in [0, 0.1) is 11.7 Å². The lowest BCUT2D eigenvalue weighted by Crippen LogP contribution is -2.36. The van der Waals surface area contributed by atoms with Gasteiger partial charge in [0.15, 0.2) is 0 Å². The molecule has 26 heavy (non-hydrogen) atoms. The smallest absolute Gasteiger partial charge is 0.123 e. The average Bonchev–Trinajstić information content (AvgIpc) is 2.63. The standard InChI is InChI=1S/C23H30FNO/c1-23(2)16-20(13-15-26-23)22(19-8-10-21(24)11-9-19)12-14-25-17-18-6-4-3-5-7-18/h3-11,20,22,25H,12-17H2,1-2H3/t20-,22+/m1/s1. The van der Waals surface area contributed by atoms with Crippen molar-refractivity contribution in [3.63, 3.8) is 0 Å². The summed E-state index contributed by atoms with van der Waals surface area (Å²) in [5.41, 5.74) is 2.48. The molecule has 1 N–H and O–H groups in total. The molecule has 0 unspecified atom stereocenters. The van der Waals surface area contributed by atoms with Gasteiger partial charge in [-0.25, -0.2) is 4.39 Å². The van der Waals surface area contributed by atoms with Crippen LogP contribution in [0.4, 0.5) is 4.39 Å². The van der Waals surface area contributed by atoms with Crippen molar-refractivity contribution in [2.75, 3.05) is 13.2 Å². The summed E-state index contributed by atoms with van der Waals surface area (Å²) in [7, 11) is 0. The highest BCUT2D eigenvalue weighted by molar-refractivity contribution is 5.22. The summed E-state index contributed by atoms with van der Waals surface area (Å²) in [5.74, 6) is 0.840. The maximum absolute atomic E-state index is 13.4. The van der Waals surface area contributed by atoms with Crippen LogP contribution in [0.15, 0.2) is 54.6 Å². The molecule has 1 aliphatic rings. The normalized spacial score (nSPS) is 20.7. The Hall–Kier alpha value is -1.71. The quantitative estimate of drug-likeness (QED) is 0.681. The van der Waals surface area contributed by atoms with Gasteiger partial charge in [-0.05, 0) is 74.8 Å². The van der Waals surface area contributed by atoms with Crippen LogP contribution in [0.2, 0.25) is 0 Å². The first-order valence-corrected chi connectivity index (χ1v) is 9.67. The second kappa shape index (κ2) is 8.79. The van der Waals surface area contributed by atoms with Crippen LogP contribution in [0.5, 0.6) is 0 Å². The van der Waals surface area contributed by atoms with E-state index >= 15 is 0 Å². The molecule has 0 aromatic heterocycles. The number of nitrogens with one attached hydrogen (secondary N) is 1. The molecule has 2 aromatic rings. The molecule has 0 radical (unpaired) electrons. The molecule has 0 aliphatic carbocycles. The van der Waals surface area contributed by atoms with Crippen molar-refractivity contribution >= 4 is 0 Å². The average molecular weight is 355 g/mol. The molecule has 3 heteroatoms. The third-order valence-corrected chi connectivity index (χ3v) is 5.41. The van der Waals surface area contributed by atoms with Crippen LogP contribution in [0.1, 0.15) is 50.2 Å². The van der Waals surface area contributed by atoms with Crippen LogP contribution < -0.4 is 5.32 Å². The fourth-order valence-electron chi connectivity index (χ4n) is 4.09. The summed E-state index contributed by atoms with van der Waals surface area (Å²) in [6.45, 7) is 7.00. The summed E-state index contributed by atoms with van der Waals surface area (Å²) >= 11 is 0. The minimum atomic E-state index is -0.165. The van der Waals surface area contributed by atoms with Gasteiger partial charge < -0.3 is 10.1 Å². The monoisotopic (exact) mass is 355 g/mol. The summed E-state index contributed by atoms with van der Waals surface area (Å²) < 4.78 is 19.3. The van der Waals surface area contributed by atoms with Crippen molar-refractivity contribution < 1.29 is 9.13 Å². The molecule has 2 atom stereocenters. The lowest BCUT2D eigenvalue weighted by atomic mass is 9.75. The third kappa shape index (κ3) is 5.39. The van der Waals surface area contributed by atoms with E-state index in [2.05, 4.69) is 43.4 Å². The molecule has 1 saturated heterocycles. The molecule has 0 bridgehead atoms. The van der Waals surface area contributed by atoms with E-state index in [4.69, 9.17) is 4.74 Å². The second-order valence-electron chi connectivity index (χ2n) is 7.97. The van der Waals surface area contributed by atoms with Crippen molar-refractivity contribution in [1.29, 1.82) is 0 Å². The molecule has 2 aromatic carbocycles. The van der Waals surface area contributed by atoms with Gasteiger partial charge in [0.2, 0.25) is 0 Å². The second-order valence-corrected chi connectivity index (χ2v) is 7.97. The van der Waals surface area contributed by atoms with Gasteiger partial charge in [-0.15, -0.1) is 0 Å². The largest absolute Gasteiger partial charge is 0.376 e. The first-order valence-electron chi connectivity index (χ1n) is 9.67. The Morgan fingerprint density at radius 3 is 2.54 bits per heavy atom. The Bertz CT molecular complexity index is 668. The summed E-state index contributed by atoms with van der Waals surface area (Å²) in [4.78, 5) is 0. The van der Waals surface area contributed by atoms with Crippen molar-refractivity contribution in [3.8, 4) is 0 Å². The molecule has 1 heterocycles. The van der Waals surface area contributed by atoms with E-state index in [1.54, 1.807) is 12.1 Å². The number of hydrogen-bond acceptors (Lipinski definition) is 2. The summed E-state index contributed by atoms with van der Waals surface area (Å²) in [5, 5.41) is 3.57. The highest BCUT2D eigenvalue weighted by Gasteiger charge is 2.33. The Morgan fingerprint density at radius 1 is 1.12 bits per heavy atom. The van der Waals surface area contributed by atoms with Gasteiger partial charge in [0.05, 0.1) is 5.60 Å². The maximum atomic E-state index is 13.4. The fraction of sp³-hybridized carbons (Fsp3) is 0.478. The molecule has 2 nitrogen and oxygen atoms in total. The summed E-state index contributed by atoms with van der Waals surface area (Å²) in [6.07, 6.45) is 3.18. The topological polar surface area (TPSA) is 21.3 Å². The lowest BCUT2D eigenvalue weighted by Gasteiger charge is -2.39. The molecule has 140 valence electrons. The third-order valence-electron chi connectivity index (χ3n) is 5.41. The van der Waals surface area contributed by atoms with Crippen molar-refractivity contribution in [2.24, 2.45) is 5.92 Å². The first-order chi connectivity index (χ1) is 12.5. The SMILES string of the molecule is CC1(C)C[C@H]([C@@H](CCNCc2ccccc2)c2ccc(F)cc2)CCO1. The molecule has 1 aliphatic heterocycles. The van der Waals surface area contributed by atoms with E-state index in [0.717, 1.165) is 39.0 Å². The van der Waals surface area contributed by atoms with Gasteiger partial charge in [-0.1, -0.05) is 42.5 Å². The zero-order valence-electron chi connectivity index (χ0n) is 15.9. The van der Waals surface area contributed by atoms with Crippen LogP contribution in [0.25, 0.3) is 0 Å². The van der Waals surface area contributed by atoms with E-state index in [1.807, 2.05) is 18.2 Å². The number of rotatable bonds is 7. The Kier molecular flexibility index (Phi) is 6.44. The number of hydrogen-bond donors (Lipinski definition) is 1. The Morgan fingerprint density at radius 2 is 1.85 bits per heavy atom. The fourth-order valence-corrected chi connectivity index (χ4v) is 4.09. The van der Waals surface area contributed by atoms with Gasteiger partial charge in [-0.2, -0.15) is 0 Å². The maximum Gasteiger partial charge on any atom is 0.123 e. The van der Waals surface area contributed by atoms with Gasteiger partial charge in [0.1, 0.15) is 5.82 Å². The van der Waals surface area contributed by atoms with E-state index in [-0.39, 0.29) is 11.4 Å². The van der Waals surface area contributed by atoms with Crippen LogP contribution in [-0.4, -0.2) is 18.8 Å². The van der Waals surface area contributed by atoms with Crippen LogP contribution >= 0.6 is 0 Å². The molecule has 0 amide bonds. The molecule has 1 fully saturated rings. The van der Waals surface area contributed by atoms with Crippen LogP contribution in [0.3, 0.4) is 0 Å². The molecule has 0 saturated carbocycles. The van der Waals surface area contributed by atoms with Crippen molar-refractivity contribution in [3.05, 3.63) is 71.5 Å². The predicted octanol–water partition coefficient (Wildman–Crippen LogP) is 5.29. The van der Waals surface area contributed by atoms with E-state index in [0.29, 0.717) is 11.8 Å². The molecular weight excluding hydrogens is 325 g/mol. The Labute approximate surface area is 156 Å². The van der Waals surface area contributed by atoms with E-state index in [1.165, 1.54) is 11.1 Å². The summed E-state index contributed by atoms with van der Waals surface area (Å²) in [6, 6.07) is 17.6. The molecule has 0 spiro atoms. The zero-order valence-corrected chi connectivity index (χ0v) is 15.9. The van der Waals surface area contributed by atoms with Crippen molar-refractivity contribution in [2.45, 2.75) is 51.2 Å². The first kappa shape index (κ1) is 19.1. The number of benzene rings is 2. The lowest BCUT2D eigenvalue weighted by molar-refractivity contribution is -0.0771. The van der Waals surface area contributed by atoms with Gasteiger partial charge in [-0.3, -0.25) is 0 Å². The minimum absolute atomic E-state index is 0.0708. The number of ether oxygens (including phenoxy) is 1. The van der Waals surface area contributed by atoms with Gasteiger partial charge >= 0.3 is 0 Å². The van der Waals surface area contributed by atoms with E-state index in [9.17, 15) is 4.39 Å². The highest BCUT2D eigenvalue weighted by Crippen LogP contribution is 2.39. The van der Waals surface area contributed by atoms with E-state index < -0.39 is 0 Å². The Balaban J connectivity index is 1.63. The predicted molar refractivity (Wildman–Crippen MR) is 105 cm³/mol. The van der Waals surface area contributed by atoms with Gasteiger partial charge in [0, 0.05) is 13.2 Å². The molecule has 3 rings (SSSR count). The van der Waals surface area contributed by atoms with Crippen molar-refractivity contribution in [1.82, 2.24) is 5.32 Å².